The number of urea groups is 2. The molecule has 0 spiro atoms. The molecule has 0 aliphatic carbocycles. The Morgan fingerprint density at radius 3 is 2.52 bits per heavy atom. The number of fused-ring (bicyclic) bond motifs is 1. The lowest BCUT2D eigenvalue weighted by atomic mass is 9.72. The zero-order valence-electron chi connectivity index (χ0n) is 26.4. The maximum atomic E-state index is 14.6. The number of nitrogens with one attached hydrogen (secondary N) is 4. The number of halogens is 3. The number of benzene rings is 2. The van der Waals surface area contributed by atoms with E-state index in [-0.39, 0.29) is 31.6 Å². The van der Waals surface area contributed by atoms with E-state index in [4.69, 9.17) is 16.3 Å². The number of rotatable bonds is 9. The van der Waals surface area contributed by atoms with Gasteiger partial charge in [0.15, 0.2) is 17.3 Å². The van der Waals surface area contributed by atoms with Gasteiger partial charge in [0.1, 0.15) is 23.2 Å². The van der Waals surface area contributed by atoms with Crippen LogP contribution in [0.4, 0.5) is 24.1 Å². The fourth-order valence-electron chi connectivity index (χ4n) is 5.34. The molecule has 0 radical (unpaired) electrons. The van der Waals surface area contributed by atoms with Crippen LogP contribution in [-0.4, -0.2) is 110 Å². The van der Waals surface area contributed by atoms with Gasteiger partial charge in [-0.25, -0.2) is 23.2 Å². The van der Waals surface area contributed by atoms with Crippen molar-refractivity contribution in [2.45, 2.75) is 18.4 Å². The van der Waals surface area contributed by atoms with Crippen LogP contribution in [0.5, 0.6) is 17.2 Å². The molecular weight excluding hydrogens is 719 g/mol. The van der Waals surface area contributed by atoms with Crippen molar-refractivity contribution in [3.8, 4) is 17.2 Å². The summed E-state index contributed by atoms with van der Waals surface area (Å²) in [6.07, 6.45) is 2.58. The number of anilines is 1. The van der Waals surface area contributed by atoms with E-state index in [1.54, 1.807) is 12.1 Å². The smallest absolute Gasteiger partial charge is 0.534 e. The van der Waals surface area contributed by atoms with Crippen molar-refractivity contribution < 1.29 is 62.5 Å². The third-order valence-electron chi connectivity index (χ3n) is 7.93. The fourth-order valence-corrected chi connectivity index (χ4v) is 5.59. The molecule has 8 N–H and O–H groups in total. The van der Waals surface area contributed by atoms with Gasteiger partial charge in [-0.05, 0) is 36.2 Å². The van der Waals surface area contributed by atoms with Crippen LogP contribution in [0.3, 0.4) is 0 Å². The van der Waals surface area contributed by atoms with Crippen LogP contribution in [0.2, 0.25) is 5.02 Å². The van der Waals surface area contributed by atoms with Crippen LogP contribution in [0, 0.1) is 11.6 Å². The van der Waals surface area contributed by atoms with Gasteiger partial charge < -0.3 is 51.2 Å². The van der Waals surface area contributed by atoms with Gasteiger partial charge in [0.2, 0.25) is 5.91 Å². The minimum absolute atomic E-state index is 0.0626. The summed E-state index contributed by atoms with van der Waals surface area (Å²) in [5.74, 6) is -12.4. The lowest BCUT2D eigenvalue weighted by molar-refractivity contribution is -0.153. The van der Waals surface area contributed by atoms with Gasteiger partial charge in [-0.15, -0.1) is 0 Å². The summed E-state index contributed by atoms with van der Waals surface area (Å²) in [6, 6.07) is 1.67. The number of carbonyl (C=O) groups excluding carboxylic acids is 5. The Morgan fingerprint density at radius 1 is 1.08 bits per heavy atom. The van der Waals surface area contributed by atoms with Crippen molar-refractivity contribution in [2.24, 2.45) is 0 Å². The zero-order chi connectivity index (χ0) is 37.9. The number of aromatic carboxylic acids is 1. The van der Waals surface area contributed by atoms with Crippen molar-refractivity contribution in [3.63, 3.8) is 0 Å². The largest absolute Gasteiger partial charge is 0.547 e. The van der Waals surface area contributed by atoms with E-state index in [1.165, 1.54) is 12.4 Å². The number of carbonyl (C=O) groups is 6. The minimum atomic E-state index is -2.07. The van der Waals surface area contributed by atoms with Gasteiger partial charge in [0, 0.05) is 37.9 Å². The molecule has 1 unspecified atom stereocenters. The first-order valence-electron chi connectivity index (χ1n) is 15.1. The molecule has 2 aliphatic rings. The molecule has 1 fully saturated rings. The molecule has 18 nitrogen and oxygen atoms in total. The van der Waals surface area contributed by atoms with Crippen LogP contribution < -0.4 is 25.9 Å². The van der Waals surface area contributed by atoms with Gasteiger partial charge in [0.05, 0.1) is 22.8 Å². The molecule has 0 saturated carbocycles. The van der Waals surface area contributed by atoms with Gasteiger partial charge >= 0.3 is 37.0 Å². The van der Waals surface area contributed by atoms with Crippen LogP contribution >= 0.6 is 11.6 Å². The molecule has 52 heavy (non-hydrogen) atoms. The zero-order valence-corrected chi connectivity index (χ0v) is 27.2. The van der Waals surface area contributed by atoms with Gasteiger partial charge in [-0.3, -0.25) is 24.3 Å². The number of hydrogen-bond donors (Lipinski definition) is 8. The quantitative estimate of drug-likeness (QED) is 0.0847. The number of pyridine rings is 1. The fraction of sp³-hybridized carbons (Fsp3) is 0.233. The van der Waals surface area contributed by atoms with E-state index in [9.17, 15) is 57.9 Å². The standard InChI is InChI=1S/C30H27BClF2N7O11/c32-20-15(11-17(34)22(42)23(20)43)21(25(44)38-18-10-13-3-4-16(33)19(28(47)48)24(13)52-31(18)51)39-30(50)41-9-8-40(26(45)27(41)46)7-6-36-29(49)37-14-2-1-5-35-12-14/h1-5,11-12,18,21,42-43,51H,6-10H2,(H,38,44)(H,39,50)(H,47,48)(H2,36,37,49)/t18-,21?/m0/s1. The second-order valence-electron chi connectivity index (χ2n) is 11.3. The molecule has 7 amide bonds. The molecule has 0 bridgehead atoms. The summed E-state index contributed by atoms with van der Waals surface area (Å²) in [5, 5.41) is 48.7. The SMILES string of the molecule is O=C(NCCN1CCN(C(=O)NC(C(=O)N[C@H]2Cc3ccc(F)c(C(=O)O)c3OB2O)c2cc(F)c(O)c(O)c2Cl)C(=O)C1=O)Nc1cccnc1. The average Bonchev–Trinajstić information content (AvgIpc) is 3.10. The average molecular weight is 746 g/mol. The number of amides is 7. The van der Waals surface area contributed by atoms with Gasteiger partial charge in [0.25, 0.3) is 0 Å². The summed E-state index contributed by atoms with van der Waals surface area (Å²) in [5.41, 5.74) is -1.03. The van der Waals surface area contributed by atoms with Crippen molar-refractivity contribution in [3.05, 3.63) is 76.1 Å². The third kappa shape index (κ3) is 7.74. The normalized spacial score (nSPS) is 16.0. The topological polar surface area (TPSA) is 260 Å². The highest BCUT2D eigenvalue weighted by Gasteiger charge is 2.42. The molecule has 272 valence electrons. The van der Waals surface area contributed by atoms with Crippen LogP contribution in [0.15, 0.2) is 42.7 Å². The molecule has 1 saturated heterocycles. The van der Waals surface area contributed by atoms with E-state index < -0.39 is 106 Å². The first-order valence-corrected chi connectivity index (χ1v) is 15.5. The van der Waals surface area contributed by atoms with Gasteiger partial charge in [-0.1, -0.05) is 17.7 Å². The monoisotopic (exact) mass is 745 g/mol. The second kappa shape index (κ2) is 15.4. The molecular formula is C30H27BClF2N7O11. The second-order valence-corrected chi connectivity index (χ2v) is 11.6. The third-order valence-corrected chi connectivity index (χ3v) is 8.33. The van der Waals surface area contributed by atoms with Crippen LogP contribution in [0.1, 0.15) is 27.5 Å². The number of nitrogens with zero attached hydrogens (tertiary/aromatic N) is 3. The number of aromatic nitrogens is 1. The Hall–Kier alpha value is -6.22. The number of hydrogen-bond acceptors (Lipinski definition) is 11. The number of carboxylic acids is 1. The Morgan fingerprint density at radius 2 is 1.83 bits per heavy atom. The summed E-state index contributed by atoms with van der Waals surface area (Å²) >= 11 is 6.11. The highest BCUT2D eigenvalue weighted by Crippen LogP contribution is 2.40. The highest BCUT2D eigenvalue weighted by molar-refractivity contribution is 6.47. The maximum absolute atomic E-state index is 14.6. The summed E-state index contributed by atoms with van der Waals surface area (Å²) in [7, 11) is -1.98. The molecule has 5 rings (SSSR count). The first-order chi connectivity index (χ1) is 24.7. The number of aromatic hydroxyl groups is 2. The number of piperazine rings is 1. The molecule has 3 aromatic rings. The minimum Gasteiger partial charge on any atom is -0.534 e. The van der Waals surface area contributed by atoms with E-state index in [0.717, 1.165) is 17.0 Å². The number of imide groups is 1. The summed E-state index contributed by atoms with van der Waals surface area (Å²) in [6.45, 7) is -0.797. The Bertz CT molecular complexity index is 1960. The number of carboxylic acid groups (broad SMARTS) is 1. The Labute approximate surface area is 296 Å². The number of phenols is 2. The highest BCUT2D eigenvalue weighted by atomic mass is 35.5. The van der Waals surface area contributed by atoms with Crippen molar-refractivity contribution in [1.29, 1.82) is 0 Å². The summed E-state index contributed by atoms with van der Waals surface area (Å²) < 4.78 is 34.0. The maximum Gasteiger partial charge on any atom is 0.547 e. The van der Waals surface area contributed by atoms with E-state index in [2.05, 4.69) is 26.3 Å². The van der Waals surface area contributed by atoms with E-state index >= 15 is 0 Å². The van der Waals surface area contributed by atoms with E-state index in [1.807, 2.05) is 0 Å². The van der Waals surface area contributed by atoms with Crippen LogP contribution in [-0.2, 0) is 20.8 Å². The van der Waals surface area contributed by atoms with Crippen molar-refractivity contribution in [1.82, 2.24) is 30.7 Å². The molecule has 22 heteroatoms. The predicted molar refractivity (Wildman–Crippen MR) is 173 cm³/mol. The molecule has 3 heterocycles. The molecule has 2 aromatic carbocycles. The molecule has 2 atom stereocenters. The molecule has 1 aromatic heterocycles. The Balaban J connectivity index is 1.29. The summed E-state index contributed by atoms with van der Waals surface area (Å²) in [4.78, 5) is 82.0. The van der Waals surface area contributed by atoms with Crippen molar-refractivity contribution in [2.75, 3.05) is 31.5 Å². The number of phenolic OH excluding ortho intramolecular Hbond substituents is 2. The van der Waals surface area contributed by atoms with Crippen LogP contribution in [0.25, 0.3) is 0 Å². The van der Waals surface area contributed by atoms with Crippen molar-refractivity contribution >= 4 is 60.2 Å². The first kappa shape index (κ1) is 37.1. The Kier molecular flexibility index (Phi) is 10.9. The molecule has 2 aliphatic heterocycles. The lowest BCUT2D eigenvalue weighted by Crippen LogP contribution is -2.60. The predicted octanol–water partition coefficient (Wildman–Crippen LogP) is 0.505. The van der Waals surface area contributed by atoms with E-state index in [0.29, 0.717) is 16.7 Å². The lowest BCUT2D eigenvalue weighted by Gasteiger charge is -2.34. The van der Waals surface area contributed by atoms with Gasteiger partial charge in [-0.2, -0.15) is 0 Å².